The van der Waals surface area contributed by atoms with E-state index in [4.69, 9.17) is 9.15 Å². The van der Waals surface area contributed by atoms with Gasteiger partial charge in [0.1, 0.15) is 0 Å². The molecule has 0 saturated carbocycles. The number of hydrogen-bond donors (Lipinski definition) is 1. The van der Waals surface area contributed by atoms with Gasteiger partial charge in [0.25, 0.3) is 5.52 Å². The Labute approximate surface area is 185 Å². The second kappa shape index (κ2) is 10.3. The largest absolute Gasteiger partial charge is 0.439 e. The van der Waals surface area contributed by atoms with Gasteiger partial charge in [-0.3, -0.25) is 0 Å². The summed E-state index contributed by atoms with van der Waals surface area (Å²) in [5.41, 5.74) is 4.61. The van der Waals surface area contributed by atoms with Crippen molar-refractivity contribution in [3.63, 3.8) is 0 Å². The van der Waals surface area contributed by atoms with Crippen LogP contribution in [-0.4, -0.2) is 0 Å². The summed E-state index contributed by atoms with van der Waals surface area (Å²) in [7, 11) is 0. The van der Waals surface area contributed by atoms with Gasteiger partial charge >= 0.3 is 5.89 Å². The fourth-order valence-corrected chi connectivity index (χ4v) is 4.10. The summed E-state index contributed by atoms with van der Waals surface area (Å²) in [6.07, 6.45) is 14.4. The summed E-state index contributed by atoms with van der Waals surface area (Å²) >= 11 is 0. The van der Waals surface area contributed by atoms with Crippen LogP contribution in [0.25, 0.3) is 17.2 Å². The van der Waals surface area contributed by atoms with Crippen molar-refractivity contribution in [2.24, 2.45) is 0 Å². The van der Waals surface area contributed by atoms with Gasteiger partial charge in [0.2, 0.25) is 5.58 Å². The van der Waals surface area contributed by atoms with Crippen molar-refractivity contribution in [1.29, 1.82) is 0 Å². The summed E-state index contributed by atoms with van der Waals surface area (Å²) in [6.45, 7) is 5.47. The summed E-state index contributed by atoms with van der Waals surface area (Å²) in [5, 5.41) is 3.29. The lowest BCUT2D eigenvalue weighted by molar-refractivity contribution is -0.678. The molecule has 0 aliphatic carbocycles. The smallest absolute Gasteiger partial charge is 0.374 e. The monoisotopic (exact) mass is 417 g/mol. The fourth-order valence-electron chi connectivity index (χ4n) is 4.10. The normalized spacial score (nSPS) is 14.3. The molecule has 3 aromatic rings. The lowest BCUT2D eigenvalue weighted by Crippen LogP contribution is -2.36. The summed E-state index contributed by atoms with van der Waals surface area (Å²) in [4.78, 5) is 0. The maximum atomic E-state index is 6.29. The Bertz CT molecular complexity index is 1050. The average Bonchev–Trinajstić information content (AvgIpc) is 3.35. The zero-order valence-corrected chi connectivity index (χ0v) is 18.7. The molecule has 4 heteroatoms. The summed E-state index contributed by atoms with van der Waals surface area (Å²) < 4.78 is 14.5. The van der Waals surface area contributed by atoms with Gasteiger partial charge in [-0.15, -0.1) is 0 Å². The highest BCUT2D eigenvalue weighted by atomic mass is 16.5. The van der Waals surface area contributed by atoms with E-state index in [9.17, 15) is 0 Å². The van der Waals surface area contributed by atoms with Gasteiger partial charge in [-0.2, -0.15) is 4.57 Å². The Hall–Kier alpha value is -3.01. The first-order chi connectivity index (χ1) is 15.3. The van der Waals surface area contributed by atoms with Gasteiger partial charge in [0, 0.05) is 12.0 Å². The molecule has 0 bridgehead atoms. The number of aromatic nitrogens is 1. The number of nitrogens with zero attached hydrogens (tertiary/aromatic N) is 1. The minimum Gasteiger partial charge on any atom is -0.439 e. The number of para-hydroxylation sites is 3. The number of ether oxygens (including phenoxy) is 1. The van der Waals surface area contributed by atoms with Gasteiger partial charge in [-0.25, -0.2) is 0 Å². The molecule has 4 rings (SSSR count). The van der Waals surface area contributed by atoms with E-state index in [1.54, 1.807) is 0 Å². The number of rotatable bonds is 10. The van der Waals surface area contributed by atoms with E-state index in [0.29, 0.717) is 0 Å². The van der Waals surface area contributed by atoms with E-state index < -0.39 is 0 Å². The van der Waals surface area contributed by atoms with Crippen molar-refractivity contribution < 1.29 is 13.7 Å². The summed E-state index contributed by atoms with van der Waals surface area (Å²) in [6, 6.07) is 14.4. The number of anilines is 1. The molecule has 0 spiro atoms. The molecule has 0 radical (unpaired) electrons. The average molecular weight is 418 g/mol. The number of benzene rings is 2. The van der Waals surface area contributed by atoms with Crippen LogP contribution in [0, 0.1) is 0 Å². The predicted octanol–water partition coefficient (Wildman–Crippen LogP) is 7.00. The van der Waals surface area contributed by atoms with Gasteiger partial charge in [-0.05, 0) is 49.6 Å². The van der Waals surface area contributed by atoms with Crippen LogP contribution in [0.15, 0.2) is 64.9 Å². The zero-order chi connectivity index (χ0) is 21.5. The SMILES string of the molecule is CCCCCc1cccc2oc(C=CC=C3Nc4ccccc4O3)[n+](CCCCC)c12. The number of hydrogen-bond acceptors (Lipinski definition) is 3. The maximum Gasteiger partial charge on any atom is 0.374 e. The lowest BCUT2D eigenvalue weighted by Gasteiger charge is -2.01. The third-order valence-electron chi connectivity index (χ3n) is 5.72. The topological polar surface area (TPSA) is 38.3 Å². The number of oxazole rings is 1. The Morgan fingerprint density at radius 1 is 0.935 bits per heavy atom. The Balaban J connectivity index is 1.60. The molecule has 1 aromatic heterocycles. The number of allylic oxidation sites excluding steroid dienone is 2. The molecule has 0 amide bonds. The van der Waals surface area contributed by atoms with E-state index >= 15 is 0 Å². The molecule has 0 fully saturated rings. The van der Waals surface area contributed by atoms with Crippen molar-refractivity contribution in [2.45, 2.75) is 65.3 Å². The molecule has 1 N–H and O–H groups in total. The van der Waals surface area contributed by atoms with Crippen molar-refractivity contribution >= 4 is 22.9 Å². The van der Waals surface area contributed by atoms with Crippen LogP contribution in [0.4, 0.5) is 5.69 Å². The minimum absolute atomic E-state index is 0.728. The lowest BCUT2D eigenvalue weighted by atomic mass is 10.1. The molecular formula is C27H33N2O2+. The van der Waals surface area contributed by atoms with E-state index in [2.05, 4.69) is 41.9 Å². The molecule has 2 heterocycles. The second-order valence-electron chi connectivity index (χ2n) is 8.13. The van der Waals surface area contributed by atoms with Crippen LogP contribution in [0.3, 0.4) is 0 Å². The Morgan fingerprint density at radius 3 is 2.61 bits per heavy atom. The molecule has 162 valence electrons. The Kier molecular flexibility index (Phi) is 7.08. The van der Waals surface area contributed by atoms with Crippen molar-refractivity contribution in [1.82, 2.24) is 0 Å². The van der Waals surface area contributed by atoms with Crippen LogP contribution in [0.5, 0.6) is 5.75 Å². The first-order valence-corrected chi connectivity index (χ1v) is 11.7. The van der Waals surface area contributed by atoms with Crippen LogP contribution >= 0.6 is 0 Å². The molecule has 2 aromatic carbocycles. The molecule has 1 aliphatic heterocycles. The number of nitrogens with one attached hydrogen (secondary N) is 1. The third-order valence-corrected chi connectivity index (χ3v) is 5.72. The standard InChI is InChI=1S/C27H32N2O2/c1-3-5-7-13-21-14-11-17-24-27(21)29(20-10-6-4-2)26(31-24)19-12-18-25-28-22-15-8-9-16-23(22)30-25/h8-9,11-12,14-19H,3-7,10,13,20H2,1-2H3/p+1. The first kappa shape index (κ1) is 21.2. The van der Waals surface area contributed by atoms with E-state index in [-0.39, 0.29) is 0 Å². The van der Waals surface area contributed by atoms with Crippen molar-refractivity contribution in [3.05, 3.63) is 72.0 Å². The van der Waals surface area contributed by atoms with Crippen LogP contribution in [0.2, 0.25) is 0 Å². The Morgan fingerprint density at radius 2 is 1.77 bits per heavy atom. The van der Waals surface area contributed by atoms with Gasteiger partial charge in [-0.1, -0.05) is 57.4 Å². The highest BCUT2D eigenvalue weighted by Gasteiger charge is 2.23. The molecule has 4 nitrogen and oxygen atoms in total. The number of unbranched alkanes of at least 4 members (excludes halogenated alkanes) is 4. The maximum absolute atomic E-state index is 6.29. The number of aryl methyl sites for hydroxylation is 2. The first-order valence-electron chi connectivity index (χ1n) is 11.7. The van der Waals surface area contributed by atoms with Crippen molar-refractivity contribution in [3.8, 4) is 5.75 Å². The van der Waals surface area contributed by atoms with Crippen molar-refractivity contribution in [2.75, 3.05) is 5.32 Å². The van der Waals surface area contributed by atoms with Gasteiger partial charge < -0.3 is 14.5 Å². The van der Waals surface area contributed by atoms with E-state index in [0.717, 1.165) is 48.2 Å². The highest BCUT2D eigenvalue weighted by molar-refractivity contribution is 5.74. The van der Waals surface area contributed by atoms with Crippen LogP contribution < -0.4 is 14.6 Å². The molecule has 0 saturated heterocycles. The van der Waals surface area contributed by atoms with Crippen LogP contribution in [-0.2, 0) is 13.0 Å². The van der Waals surface area contributed by atoms with Crippen LogP contribution in [0.1, 0.15) is 63.8 Å². The molecule has 0 atom stereocenters. The zero-order valence-electron chi connectivity index (χ0n) is 18.7. The molecule has 31 heavy (non-hydrogen) atoms. The summed E-state index contributed by atoms with van der Waals surface area (Å²) in [5.74, 6) is 2.48. The number of fused-ring (bicyclic) bond motifs is 2. The van der Waals surface area contributed by atoms with Gasteiger partial charge in [0.05, 0.1) is 11.8 Å². The highest BCUT2D eigenvalue weighted by Crippen LogP contribution is 2.32. The third kappa shape index (κ3) is 5.01. The fraction of sp³-hybridized carbons (Fsp3) is 0.370. The quantitative estimate of drug-likeness (QED) is 0.285. The predicted molar refractivity (Wildman–Crippen MR) is 127 cm³/mol. The van der Waals surface area contributed by atoms with E-state index in [1.165, 1.54) is 43.2 Å². The van der Waals surface area contributed by atoms with E-state index in [1.807, 2.05) is 42.5 Å². The molecular weight excluding hydrogens is 384 g/mol. The molecule has 1 aliphatic rings. The van der Waals surface area contributed by atoms with Gasteiger partial charge in [0.15, 0.2) is 18.2 Å². The molecule has 0 unspecified atom stereocenters. The second-order valence-corrected chi connectivity index (χ2v) is 8.13. The minimum atomic E-state index is 0.728.